The summed E-state index contributed by atoms with van der Waals surface area (Å²) in [6, 6.07) is 6.99. The van der Waals surface area contributed by atoms with Gasteiger partial charge >= 0.3 is 49.6 Å². The van der Waals surface area contributed by atoms with Crippen molar-refractivity contribution >= 4 is 49.6 Å². The third-order valence-electron chi connectivity index (χ3n) is 7.20. The molecule has 0 bridgehead atoms. The molecule has 0 spiro atoms. The molecule has 2 heterocycles. The van der Waals surface area contributed by atoms with Crippen LogP contribution in [0.5, 0.6) is 5.75 Å². The van der Waals surface area contributed by atoms with Crippen LogP contribution in [-0.4, -0.2) is 131 Å². The minimum absolute atomic E-state index is 0.187. The molecule has 0 saturated carbocycles. The topological polar surface area (TPSA) is 308 Å². The third-order valence-corrected chi connectivity index (χ3v) is 8.12. The Labute approximate surface area is 317 Å². The first-order valence-corrected chi connectivity index (χ1v) is 17.9. The summed E-state index contributed by atoms with van der Waals surface area (Å²) < 4.78 is 76.5. The van der Waals surface area contributed by atoms with E-state index in [1.165, 1.54) is 24.3 Å². The van der Waals surface area contributed by atoms with Gasteiger partial charge in [-0.05, 0) is 12.1 Å². The van der Waals surface area contributed by atoms with Crippen molar-refractivity contribution < 1.29 is 110 Å². The molecule has 24 heteroatoms. The lowest BCUT2D eigenvalue weighted by Gasteiger charge is -2.47. The highest BCUT2D eigenvalue weighted by Crippen LogP contribution is 2.46. The lowest BCUT2D eigenvalue weighted by molar-refractivity contribution is -0.380. The van der Waals surface area contributed by atoms with E-state index >= 15 is 0 Å². The van der Waals surface area contributed by atoms with Gasteiger partial charge in [0.05, 0.1) is 0 Å². The summed E-state index contributed by atoms with van der Waals surface area (Å²) in [4.78, 5) is 96.0. The van der Waals surface area contributed by atoms with E-state index < -0.39 is 124 Å². The summed E-state index contributed by atoms with van der Waals surface area (Å²) in [5.41, 5.74) is 0. The molecule has 13 atom stereocenters. The van der Waals surface area contributed by atoms with Crippen molar-refractivity contribution in [1.82, 2.24) is 0 Å². The number of rotatable bonds is 15. The summed E-state index contributed by atoms with van der Waals surface area (Å²) >= 11 is 0. The predicted molar refractivity (Wildman–Crippen MR) is 173 cm³/mol. The van der Waals surface area contributed by atoms with Gasteiger partial charge in [0.1, 0.15) is 5.75 Å². The number of esters is 7. The number of phosphoric acid groups is 1. The number of ether oxygens (including phenoxy) is 10. The monoisotopic (exact) mass is 824 g/mol. The lowest BCUT2D eigenvalue weighted by Crippen LogP contribution is -2.67. The summed E-state index contributed by atoms with van der Waals surface area (Å²) in [5, 5.41) is 22.7. The van der Waals surface area contributed by atoms with Crippen molar-refractivity contribution in [2.45, 2.75) is 122 Å². The fourth-order valence-electron chi connectivity index (χ4n) is 5.48. The molecule has 1 aromatic rings. The maximum absolute atomic E-state index is 12.9. The summed E-state index contributed by atoms with van der Waals surface area (Å²) in [6.07, 6.45) is -25.4. The van der Waals surface area contributed by atoms with Gasteiger partial charge in [-0.15, -0.1) is 0 Å². The number of hydrogen-bond donors (Lipinski definition) is 3. The summed E-state index contributed by atoms with van der Waals surface area (Å²) in [7, 11) is -5.27. The largest absolute Gasteiger partial charge is 0.529 e. The van der Waals surface area contributed by atoms with Crippen molar-refractivity contribution in [2.24, 2.45) is 0 Å². The molecule has 2 aliphatic heterocycles. The van der Waals surface area contributed by atoms with E-state index in [4.69, 9.17) is 56.4 Å². The van der Waals surface area contributed by atoms with Crippen molar-refractivity contribution in [2.75, 3.05) is 0 Å². The normalized spacial score (nSPS) is 29.5. The number of hydrogen-bond acceptors (Lipinski definition) is 22. The maximum atomic E-state index is 12.9. The quantitative estimate of drug-likeness (QED) is 0.0864. The van der Waals surface area contributed by atoms with Gasteiger partial charge in [-0.25, -0.2) is 9.09 Å². The van der Waals surface area contributed by atoms with Gasteiger partial charge < -0.3 is 62.1 Å². The molecule has 0 amide bonds. The highest BCUT2D eigenvalue weighted by molar-refractivity contribution is 7.47. The molecular formula is C32H41O23P. The molecule has 3 N–H and O–H groups in total. The van der Waals surface area contributed by atoms with Crippen molar-refractivity contribution in [1.29, 1.82) is 0 Å². The van der Waals surface area contributed by atoms with Crippen molar-refractivity contribution in [3.05, 3.63) is 30.3 Å². The number of carbonyl (C=O) groups excluding carboxylic acids is 7. The number of aliphatic hydroxyl groups excluding tert-OH is 2. The standard InChI is InChI=1S/C32H41O23P/c1-13(33)44-21-23(46-15(3)35)27(48-17(5)37)31(50-19(7)39)51-25(21)29(40)53-32-28(49-18(6)38)24(47-16(4)36)22(45-14(2)34)26(52-32)30(41)55-56(42,43)54-20-11-9-8-10-12-20/h8-12,21-32,40-41H,1-7H3,(H,42,43)/t21-,22-,23-,24-,25-,26-,27+,28+,29?,30?,31+,32-/m0/s1. The SMILES string of the molecule is CC(=O)O[C@@H]1O[C@H](C(O)O[C@@H]2O[C@H](C(O)OP(=O)(O)Oc3ccccc3)[C@@H](OC(C)=O)[C@H](OC(C)=O)[C@H]2OC(C)=O)[C@@H](OC(C)=O)[C@H](OC(C)=O)[C@H]1OC(C)=O. The molecule has 312 valence electrons. The van der Waals surface area contributed by atoms with Crippen LogP contribution in [0.25, 0.3) is 0 Å². The van der Waals surface area contributed by atoms with E-state index in [2.05, 4.69) is 0 Å². The first kappa shape index (κ1) is 45.6. The van der Waals surface area contributed by atoms with E-state index in [0.29, 0.717) is 0 Å². The Balaban J connectivity index is 2.12. The molecule has 3 rings (SSSR count). The Morgan fingerprint density at radius 3 is 1.32 bits per heavy atom. The minimum atomic E-state index is -5.27. The number of aliphatic hydroxyl groups is 2. The van der Waals surface area contributed by atoms with Crippen LogP contribution in [0.1, 0.15) is 48.5 Å². The fourth-order valence-corrected chi connectivity index (χ4v) is 6.31. The van der Waals surface area contributed by atoms with E-state index in [-0.39, 0.29) is 5.75 Å². The molecule has 0 aliphatic carbocycles. The fraction of sp³-hybridized carbons (Fsp3) is 0.594. The van der Waals surface area contributed by atoms with Crippen molar-refractivity contribution in [3.8, 4) is 5.75 Å². The second kappa shape index (κ2) is 19.9. The maximum Gasteiger partial charge on any atom is 0.529 e. The van der Waals surface area contributed by atoms with Gasteiger partial charge in [-0.1, -0.05) is 18.2 Å². The summed E-state index contributed by atoms with van der Waals surface area (Å²) in [6.45, 7) is 6.35. The highest BCUT2D eigenvalue weighted by Gasteiger charge is 2.59. The molecule has 23 nitrogen and oxygen atoms in total. The minimum Gasteiger partial charge on any atom is -0.455 e. The highest BCUT2D eigenvalue weighted by atomic mass is 31.2. The van der Waals surface area contributed by atoms with E-state index in [1.54, 1.807) is 6.07 Å². The molecule has 0 radical (unpaired) electrons. The second-order valence-electron chi connectivity index (χ2n) is 11.9. The van der Waals surface area contributed by atoms with Crippen molar-refractivity contribution in [3.63, 3.8) is 0 Å². The Kier molecular flexibility index (Phi) is 16.2. The van der Waals surface area contributed by atoms with Gasteiger partial charge in [0.2, 0.25) is 18.7 Å². The van der Waals surface area contributed by atoms with Crippen LogP contribution in [0.2, 0.25) is 0 Å². The van der Waals surface area contributed by atoms with Gasteiger partial charge in [0.25, 0.3) is 0 Å². The Morgan fingerprint density at radius 2 is 0.893 bits per heavy atom. The van der Waals surface area contributed by atoms with Crippen LogP contribution in [0, 0.1) is 0 Å². The molecular weight excluding hydrogens is 783 g/mol. The lowest BCUT2D eigenvalue weighted by atomic mass is 9.96. The zero-order valence-electron chi connectivity index (χ0n) is 30.8. The van der Waals surface area contributed by atoms with Crippen LogP contribution in [0.4, 0.5) is 0 Å². The summed E-state index contributed by atoms with van der Waals surface area (Å²) in [5.74, 6) is -7.64. The average molecular weight is 825 g/mol. The second-order valence-corrected chi connectivity index (χ2v) is 13.2. The number of phosphoric ester groups is 1. The average Bonchev–Trinajstić information content (AvgIpc) is 3.04. The van der Waals surface area contributed by atoms with E-state index in [0.717, 1.165) is 48.5 Å². The first-order chi connectivity index (χ1) is 26.1. The number of benzene rings is 1. The van der Waals surface area contributed by atoms with Gasteiger partial charge in [0, 0.05) is 48.5 Å². The van der Waals surface area contributed by atoms with Gasteiger partial charge in [-0.2, -0.15) is 0 Å². The molecule has 2 fully saturated rings. The van der Waals surface area contributed by atoms with Crippen LogP contribution >= 0.6 is 7.82 Å². The van der Waals surface area contributed by atoms with Gasteiger partial charge in [0.15, 0.2) is 55.3 Å². The first-order valence-electron chi connectivity index (χ1n) is 16.4. The van der Waals surface area contributed by atoms with Crippen LogP contribution in [0.15, 0.2) is 30.3 Å². The molecule has 0 aromatic heterocycles. The molecule has 1 aromatic carbocycles. The zero-order valence-corrected chi connectivity index (χ0v) is 31.7. The van der Waals surface area contributed by atoms with Crippen LogP contribution in [-0.2, 0) is 90.0 Å². The zero-order chi connectivity index (χ0) is 42.1. The molecule has 2 aliphatic rings. The molecule has 3 unspecified atom stereocenters. The van der Waals surface area contributed by atoms with E-state index in [1.807, 2.05) is 0 Å². The Hall–Kier alpha value is -4.74. The molecule has 56 heavy (non-hydrogen) atoms. The molecule has 2 saturated heterocycles. The predicted octanol–water partition coefficient (Wildman–Crippen LogP) is -0.561. The van der Waals surface area contributed by atoms with Crippen LogP contribution < -0.4 is 4.52 Å². The smallest absolute Gasteiger partial charge is 0.455 e. The van der Waals surface area contributed by atoms with Crippen LogP contribution in [0.3, 0.4) is 0 Å². The van der Waals surface area contributed by atoms with E-state index in [9.17, 15) is 53.2 Å². The number of carbonyl (C=O) groups is 7. The number of para-hydroxylation sites is 1. The third kappa shape index (κ3) is 13.2. The Morgan fingerprint density at radius 1 is 0.536 bits per heavy atom. The Bertz CT molecular complexity index is 1640. The van der Waals surface area contributed by atoms with Gasteiger partial charge in [-0.3, -0.25) is 38.5 Å².